The summed E-state index contributed by atoms with van der Waals surface area (Å²) in [6.45, 7) is 8.03. The monoisotopic (exact) mass is 452 g/mol. The Morgan fingerprint density at radius 2 is 1.84 bits per heavy atom. The number of benzene rings is 1. The summed E-state index contributed by atoms with van der Waals surface area (Å²) in [5.74, 6) is -1.62. The molecule has 4 rings (SSSR count). The summed E-state index contributed by atoms with van der Waals surface area (Å²) in [7, 11) is 0. The zero-order valence-electron chi connectivity index (χ0n) is 18.5. The number of aromatic nitrogens is 2. The molecule has 0 spiro atoms. The van der Waals surface area contributed by atoms with E-state index in [0.29, 0.717) is 18.7 Å². The van der Waals surface area contributed by atoms with Crippen LogP contribution in [0.25, 0.3) is 0 Å². The van der Waals surface area contributed by atoms with Gasteiger partial charge in [-0.25, -0.2) is 4.39 Å². The molecule has 1 saturated heterocycles. The Kier molecular flexibility index (Phi) is 5.81. The van der Waals surface area contributed by atoms with E-state index in [-0.39, 0.29) is 42.9 Å². The van der Waals surface area contributed by atoms with Crippen LogP contribution in [0, 0.1) is 5.82 Å². The maximum atomic E-state index is 14.4. The van der Waals surface area contributed by atoms with Crippen LogP contribution in [0.4, 0.5) is 17.6 Å². The second kappa shape index (κ2) is 8.17. The van der Waals surface area contributed by atoms with E-state index in [1.54, 1.807) is 4.90 Å². The van der Waals surface area contributed by atoms with Crippen molar-refractivity contribution in [2.45, 2.75) is 64.2 Å². The van der Waals surface area contributed by atoms with Crippen LogP contribution in [0.2, 0.25) is 0 Å². The lowest BCUT2D eigenvalue weighted by Gasteiger charge is -2.33. The number of piperidine rings is 1. The third-order valence-electron chi connectivity index (χ3n) is 6.32. The predicted molar refractivity (Wildman–Crippen MR) is 112 cm³/mol. The van der Waals surface area contributed by atoms with Gasteiger partial charge >= 0.3 is 6.18 Å². The zero-order valence-corrected chi connectivity index (χ0v) is 18.5. The highest BCUT2D eigenvalue weighted by atomic mass is 19.4. The van der Waals surface area contributed by atoms with Crippen molar-refractivity contribution in [3.05, 3.63) is 52.1 Å². The van der Waals surface area contributed by atoms with Crippen LogP contribution in [0.1, 0.15) is 72.4 Å². The van der Waals surface area contributed by atoms with Crippen molar-refractivity contribution in [1.29, 1.82) is 0 Å². The first kappa shape index (κ1) is 22.8. The number of carbonyl (C=O) groups is 1. The molecule has 0 unspecified atom stereocenters. The van der Waals surface area contributed by atoms with Crippen LogP contribution in [0.15, 0.2) is 18.2 Å². The molecule has 1 fully saturated rings. The van der Waals surface area contributed by atoms with Gasteiger partial charge in [-0.2, -0.15) is 18.3 Å². The zero-order chi connectivity index (χ0) is 23.3. The van der Waals surface area contributed by atoms with Gasteiger partial charge in [0.2, 0.25) is 0 Å². The van der Waals surface area contributed by atoms with Crippen LogP contribution >= 0.6 is 0 Å². The van der Waals surface area contributed by atoms with Gasteiger partial charge in [0.25, 0.3) is 5.91 Å². The average molecular weight is 452 g/mol. The minimum Gasteiger partial charge on any atom is -0.337 e. The van der Waals surface area contributed by atoms with Gasteiger partial charge in [0, 0.05) is 30.8 Å². The Bertz CT molecular complexity index is 1010. The van der Waals surface area contributed by atoms with Crippen molar-refractivity contribution in [3.8, 4) is 0 Å². The van der Waals surface area contributed by atoms with Crippen LogP contribution in [-0.4, -0.2) is 40.2 Å². The summed E-state index contributed by atoms with van der Waals surface area (Å²) in [4.78, 5) is 15.0. The third-order valence-corrected chi connectivity index (χ3v) is 6.32. The first-order valence-electron chi connectivity index (χ1n) is 11.0. The number of alkyl halides is 3. The number of likely N-dealkylation sites (tertiary alicyclic amines) is 1. The number of nitrogens with one attached hydrogen (secondary N) is 1. The fourth-order valence-electron chi connectivity index (χ4n) is 4.80. The van der Waals surface area contributed by atoms with Crippen molar-refractivity contribution in [2.24, 2.45) is 0 Å². The topological polar surface area (TPSA) is 50.2 Å². The maximum absolute atomic E-state index is 14.4. The van der Waals surface area contributed by atoms with Crippen LogP contribution in [0.3, 0.4) is 0 Å². The Balaban J connectivity index is 1.56. The van der Waals surface area contributed by atoms with Gasteiger partial charge in [0.1, 0.15) is 5.82 Å². The molecule has 5 nitrogen and oxygen atoms in total. The molecule has 3 heterocycles. The Morgan fingerprint density at radius 3 is 2.47 bits per heavy atom. The standard InChI is InChI=1S/C23H28F4N4O/c1-22(2,3)31-18-13-28-10-7-15(18)20(29-31)21(32)30-11-8-14(9-12-30)19-16(23(25,26)27)5-4-6-17(19)24/h4-6,14,28H,7-13H2,1-3H3. The summed E-state index contributed by atoms with van der Waals surface area (Å²) in [6, 6.07) is 3.08. The van der Waals surface area contributed by atoms with E-state index >= 15 is 0 Å². The first-order valence-corrected chi connectivity index (χ1v) is 11.0. The third kappa shape index (κ3) is 4.14. The number of halogens is 4. The minimum atomic E-state index is -4.61. The van der Waals surface area contributed by atoms with E-state index in [0.717, 1.165) is 36.0 Å². The SMILES string of the molecule is CC(C)(C)n1nc(C(=O)N2CCC(c3c(F)cccc3C(F)(F)F)CC2)c2c1CNCC2. The Hall–Kier alpha value is -2.42. The lowest BCUT2D eigenvalue weighted by atomic mass is 9.85. The van der Waals surface area contributed by atoms with Gasteiger partial charge in [0.15, 0.2) is 5.69 Å². The molecular weight excluding hydrogens is 424 g/mol. The quantitative estimate of drug-likeness (QED) is 0.685. The van der Waals surface area contributed by atoms with Crippen molar-refractivity contribution >= 4 is 5.91 Å². The van der Waals surface area contributed by atoms with Gasteiger partial charge < -0.3 is 10.2 Å². The largest absolute Gasteiger partial charge is 0.416 e. The molecule has 2 aliphatic rings. The summed E-state index contributed by atoms with van der Waals surface area (Å²) in [5.41, 5.74) is 0.882. The molecular formula is C23H28F4N4O. The van der Waals surface area contributed by atoms with Crippen molar-refractivity contribution in [1.82, 2.24) is 20.0 Å². The highest BCUT2D eigenvalue weighted by molar-refractivity contribution is 5.94. The van der Waals surface area contributed by atoms with Crippen LogP contribution in [0.5, 0.6) is 0 Å². The molecule has 1 aromatic carbocycles. The molecule has 2 aliphatic heterocycles. The normalized spacial score (nSPS) is 18.0. The predicted octanol–water partition coefficient (Wildman–Crippen LogP) is 4.46. The molecule has 0 atom stereocenters. The first-order chi connectivity index (χ1) is 15.0. The molecule has 9 heteroatoms. The summed E-state index contributed by atoms with van der Waals surface area (Å²) < 4.78 is 56.5. The molecule has 1 amide bonds. The summed E-state index contributed by atoms with van der Waals surface area (Å²) >= 11 is 0. The second-order valence-corrected chi connectivity index (χ2v) is 9.55. The number of carbonyl (C=O) groups excluding carboxylic acids is 1. The molecule has 0 radical (unpaired) electrons. The van der Waals surface area contributed by atoms with E-state index in [2.05, 4.69) is 10.4 Å². The van der Waals surface area contributed by atoms with Crippen LogP contribution in [-0.2, 0) is 24.7 Å². The number of hydrogen-bond donors (Lipinski definition) is 1. The van der Waals surface area contributed by atoms with Gasteiger partial charge in [-0.05, 0) is 64.6 Å². The van der Waals surface area contributed by atoms with E-state index < -0.39 is 23.5 Å². The summed E-state index contributed by atoms with van der Waals surface area (Å²) in [6.07, 6.45) is -3.36. The number of fused-ring (bicyclic) bond motifs is 1. The van der Waals surface area contributed by atoms with Crippen molar-refractivity contribution in [3.63, 3.8) is 0 Å². The van der Waals surface area contributed by atoms with Crippen molar-refractivity contribution in [2.75, 3.05) is 19.6 Å². The average Bonchev–Trinajstić information content (AvgIpc) is 3.13. The number of rotatable bonds is 2. The lowest BCUT2D eigenvalue weighted by molar-refractivity contribution is -0.138. The van der Waals surface area contributed by atoms with Gasteiger partial charge in [-0.3, -0.25) is 9.48 Å². The molecule has 0 aliphatic carbocycles. The molecule has 0 saturated carbocycles. The van der Waals surface area contributed by atoms with Gasteiger partial charge in [-0.15, -0.1) is 0 Å². The van der Waals surface area contributed by atoms with Gasteiger partial charge in [-0.1, -0.05) is 6.07 Å². The molecule has 0 bridgehead atoms. The number of nitrogens with zero attached hydrogens (tertiary/aromatic N) is 3. The van der Waals surface area contributed by atoms with Crippen molar-refractivity contribution < 1.29 is 22.4 Å². The van der Waals surface area contributed by atoms with E-state index in [9.17, 15) is 22.4 Å². The van der Waals surface area contributed by atoms with E-state index in [4.69, 9.17) is 0 Å². The number of amides is 1. The lowest BCUT2D eigenvalue weighted by Crippen LogP contribution is -2.39. The fourth-order valence-corrected chi connectivity index (χ4v) is 4.80. The molecule has 1 aromatic heterocycles. The summed E-state index contributed by atoms with van der Waals surface area (Å²) in [5, 5.41) is 7.97. The number of hydrogen-bond acceptors (Lipinski definition) is 3. The highest BCUT2D eigenvalue weighted by Crippen LogP contribution is 2.40. The smallest absolute Gasteiger partial charge is 0.337 e. The molecule has 32 heavy (non-hydrogen) atoms. The van der Waals surface area contributed by atoms with E-state index in [1.807, 2.05) is 25.5 Å². The maximum Gasteiger partial charge on any atom is 0.416 e. The Labute approximate surface area is 184 Å². The van der Waals surface area contributed by atoms with E-state index in [1.165, 1.54) is 0 Å². The molecule has 1 N–H and O–H groups in total. The highest BCUT2D eigenvalue weighted by Gasteiger charge is 2.39. The second-order valence-electron chi connectivity index (χ2n) is 9.55. The minimum absolute atomic E-state index is 0.200. The Morgan fingerprint density at radius 1 is 1.16 bits per heavy atom. The molecule has 174 valence electrons. The fraction of sp³-hybridized carbons (Fsp3) is 0.565. The van der Waals surface area contributed by atoms with Crippen LogP contribution < -0.4 is 5.32 Å². The van der Waals surface area contributed by atoms with Gasteiger partial charge in [0.05, 0.1) is 16.8 Å². The molecule has 2 aromatic rings.